The van der Waals surface area contributed by atoms with Crippen molar-refractivity contribution in [2.24, 2.45) is 0 Å². The summed E-state index contributed by atoms with van der Waals surface area (Å²) in [5, 5.41) is 3.22. The van der Waals surface area contributed by atoms with E-state index in [2.05, 4.69) is 29.4 Å². The van der Waals surface area contributed by atoms with E-state index in [9.17, 15) is 13.2 Å². The molecule has 0 spiro atoms. The van der Waals surface area contributed by atoms with Crippen LogP contribution in [-0.2, 0) is 16.3 Å². The van der Waals surface area contributed by atoms with Crippen molar-refractivity contribution >= 4 is 27.2 Å². The topological polar surface area (TPSA) is 79.4 Å². The summed E-state index contributed by atoms with van der Waals surface area (Å²) in [6.07, 6.45) is 3.03. The maximum atomic E-state index is 12.8. The minimum Gasteiger partial charge on any atom is -0.340 e. The molecule has 1 amide bonds. The van der Waals surface area contributed by atoms with Crippen LogP contribution < -0.4 is 5.32 Å². The van der Waals surface area contributed by atoms with Crippen LogP contribution in [0.4, 0.5) is 11.5 Å². The molecule has 2 heterocycles. The van der Waals surface area contributed by atoms with Crippen LogP contribution in [0.1, 0.15) is 36.2 Å². The third-order valence-corrected chi connectivity index (χ3v) is 6.65. The Bertz CT molecular complexity index is 893. The number of carbonyl (C=O) groups excluding carboxylic acids is 1. The van der Waals surface area contributed by atoms with Crippen molar-refractivity contribution in [3.63, 3.8) is 0 Å². The molecule has 7 heteroatoms. The van der Waals surface area contributed by atoms with E-state index in [0.29, 0.717) is 24.3 Å². The molecule has 0 bridgehead atoms. The van der Waals surface area contributed by atoms with Crippen molar-refractivity contribution in [2.75, 3.05) is 23.4 Å². The molecule has 27 heavy (non-hydrogen) atoms. The zero-order valence-corrected chi connectivity index (χ0v) is 16.5. The van der Waals surface area contributed by atoms with E-state index < -0.39 is 9.84 Å². The number of nitrogens with one attached hydrogen (secondary N) is 1. The number of amides is 1. The highest BCUT2D eigenvalue weighted by atomic mass is 32.2. The summed E-state index contributed by atoms with van der Waals surface area (Å²) in [6, 6.07) is 11.4. The fraction of sp³-hybridized carbons (Fsp3) is 0.400. The standard InChI is InChI=1S/C20H25N3O3S/c1-3-15-5-8-17(9-6-15)22-19-10-7-16(13-21-19)20(24)23(4-2)18-11-12-27(25,26)14-18/h5-10,13,18H,3-4,11-12,14H2,1-2H3,(H,21,22). The van der Waals surface area contributed by atoms with Gasteiger partial charge in [-0.05, 0) is 49.6 Å². The number of nitrogens with zero attached hydrogens (tertiary/aromatic N) is 2. The molecule has 1 aliphatic rings. The number of rotatable bonds is 6. The highest BCUT2D eigenvalue weighted by Gasteiger charge is 2.34. The Morgan fingerprint density at radius 3 is 2.44 bits per heavy atom. The molecule has 0 aliphatic carbocycles. The third kappa shape index (κ3) is 4.66. The number of aryl methyl sites for hydroxylation is 1. The van der Waals surface area contributed by atoms with Gasteiger partial charge in [0.05, 0.1) is 17.1 Å². The molecule has 2 aromatic rings. The van der Waals surface area contributed by atoms with Crippen molar-refractivity contribution in [3.05, 3.63) is 53.7 Å². The van der Waals surface area contributed by atoms with E-state index in [1.165, 1.54) is 11.8 Å². The molecule has 3 rings (SSSR count). The normalized spacial score (nSPS) is 18.2. The largest absolute Gasteiger partial charge is 0.340 e. The monoisotopic (exact) mass is 387 g/mol. The van der Waals surface area contributed by atoms with Gasteiger partial charge < -0.3 is 10.2 Å². The summed E-state index contributed by atoms with van der Waals surface area (Å²) >= 11 is 0. The lowest BCUT2D eigenvalue weighted by Crippen LogP contribution is -2.41. The zero-order valence-electron chi connectivity index (χ0n) is 15.7. The van der Waals surface area contributed by atoms with Crippen molar-refractivity contribution in [3.8, 4) is 0 Å². The van der Waals surface area contributed by atoms with E-state index in [-0.39, 0.29) is 23.5 Å². The number of benzene rings is 1. The smallest absolute Gasteiger partial charge is 0.255 e. The maximum absolute atomic E-state index is 12.8. The Morgan fingerprint density at radius 1 is 1.19 bits per heavy atom. The van der Waals surface area contributed by atoms with E-state index >= 15 is 0 Å². The van der Waals surface area contributed by atoms with Crippen LogP contribution in [0.25, 0.3) is 0 Å². The first kappa shape index (κ1) is 19.4. The molecule has 144 valence electrons. The average molecular weight is 388 g/mol. The lowest BCUT2D eigenvalue weighted by Gasteiger charge is -2.26. The second-order valence-electron chi connectivity index (χ2n) is 6.76. The van der Waals surface area contributed by atoms with Crippen LogP contribution in [0.3, 0.4) is 0 Å². The number of anilines is 2. The van der Waals surface area contributed by atoms with Gasteiger partial charge in [0.1, 0.15) is 5.82 Å². The Morgan fingerprint density at radius 2 is 1.93 bits per heavy atom. The van der Waals surface area contributed by atoms with Crippen LogP contribution in [0.15, 0.2) is 42.6 Å². The summed E-state index contributed by atoms with van der Waals surface area (Å²) in [6.45, 7) is 4.45. The lowest BCUT2D eigenvalue weighted by atomic mass is 10.1. The minimum absolute atomic E-state index is 0.0490. The predicted octanol–water partition coefficient (Wildman–Crippen LogP) is 3.04. The Hall–Kier alpha value is -2.41. The number of pyridine rings is 1. The van der Waals surface area contributed by atoms with Crippen LogP contribution in [0.2, 0.25) is 0 Å². The van der Waals surface area contributed by atoms with Gasteiger partial charge in [0.2, 0.25) is 0 Å². The summed E-state index contributed by atoms with van der Waals surface area (Å²) in [4.78, 5) is 18.8. The van der Waals surface area contributed by atoms with Gasteiger partial charge in [-0.25, -0.2) is 13.4 Å². The van der Waals surface area contributed by atoms with E-state index in [1.54, 1.807) is 17.0 Å². The Kier molecular flexibility index (Phi) is 5.79. The molecule has 0 radical (unpaired) electrons. The van der Waals surface area contributed by atoms with Crippen molar-refractivity contribution in [1.29, 1.82) is 0 Å². The first-order valence-corrected chi connectivity index (χ1v) is 11.1. The molecular weight excluding hydrogens is 362 g/mol. The molecule has 1 aromatic heterocycles. The number of aromatic nitrogens is 1. The van der Waals surface area contributed by atoms with Crippen LogP contribution in [-0.4, -0.2) is 48.3 Å². The van der Waals surface area contributed by atoms with E-state index in [4.69, 9.17) is 0 Å². The highest BCUT2D eigenvalue weighted by molar-refractivity contribution is 7.91. The van der Waals surface area contributed by atoms with Gasteiger partial charge in [-0.3, -0.25) is 4.79 Å². The van der Waals surface area contributed by atoms with E-state index in [0.717, 1.165) is 12.1 Å². The molecular formula is C20H25N3O3S. The van der Waals surface area contributed by atoms with Gasteiger partial charge >= 0.3 is 0 Å². The fourth-order valence-corrected chi connectivity index (χ4v) is 5.05. The molecule has 1 fully saturated rings. The average Bonchev–Trinajstić information content (AvgIpc) is 3.03. The number of carbonyl (C=O) groups is 1. The summed E-state index contributed by atoms with van der Waals surface area (Å²) in [5.41, 5.74) is 2.67. The van der Waals surface area contributed by atoms with Gasteiger partial charge in [-0.15, -0.1) is 0 Å². The lowest BCUT2D eigenvalue weighted by molar-refractivity contribution is 0.0708. The summed E-state index contributed by atoms with van der Waals surface area (Å²) < 4.78 is 23.4. The van der Waals surface area contributed by atoms with Crippen molar-refractivity contribution in [1.82, 2.24) is 9.88 Å². The minimum atomic E-state index is -3.03. The van der Waals surface area contributed by atoms with E-state index in [1.807, 2.05) is 19.1 Å². The quantitative estimate of drug-likeness (QED) is 0.824. The number of hydrogen-bond acceptors (Lipinski definition) is 5. The van der Waals surface area contributed by atoms with Gasteiger partial charge in [0.25, 0.3) is 5.91 Å². The number of sulfone groups is 1. The number of hydrogen-bond donors (Lipinski definition) is 1. The molecule has 6 nitrogen and oxygen atoms in total. The second kappa shape index (κ2) is 8.08. The molecule has 1 aromatic carbocycles. The first-order chi connectivity index (χ1) is 12.9. The third-order valence-electron chi connectivity index (χ3n) is 4.90. The molecule has 1 atom stereocenters. The second-order valence-corrected chi connectivity index (χ2v) is 8.98. The highest BCUT2D eigenvalue weighted by Crippen LogP contribution is 2.21. The first-order valence-electron chi connectivity index (χ1n) is 9.25. The molecule has 1 saturated heterocycles. The Labute approximate surface area is 160 Å². The van der Waals surface area contributed by atoms with Gasteiger partial charge in [0, 0.05) is 24.5 Å². The summed E-state index contributed by atoms with van der Waals surface area (Å²) in [7, 11) is -3.03. The van der Waals surface area contributed by atoms with Crippen LogP contribution in [0, 0.1) is 0 Å². The molecule has 1 N–H and O–H groups in total. The SMILES string of the molecule is CCc1ccc(Nc2ccc(C(=O)N(CC)C3CCS(=O)(=O)C3)cn2)cc1. The summed E-state index contributed by atoms with van der Waals surface area (Å²) in [5.74, 6) is 0.681. The molecule has 1 unspecified atom stereocenters. The molecule has 1 aliphatic heterocycles. The van der Waals surface area contributed by atoms with Crippen LogP contribution >= 0.6 is 0 Å². The van der Waals surface area contributed by atoms with Gasteiger partial charge in [0.15, 0.2) is 9.84 Å². The zero-order chi connectivity index (χ0) is 19.4. The van der Waals surface area contributed by atoms with Crippen molar-refractivity contribution in [2.45, 2.75) is 32.7 Å². The van der Waals surface area contributed by atoms with Crippen molar-refractivity contribution < 1.29 is 13.2 Å². The fourth-order valence-electron chi connectivity index (χ4n) is 3.32. The Balaban J connectivity index is 1.69. The van der Waals surface area contributed by atoms with Gasteiger partial charge in [-0.1, -0.05) is 19.1 Å². The maximum Gasteiger partial charge on any atom is 0.255 e. The predicted molar refractivity (Wildman–Crippen MR) is 107 cm³/mol. The molecule has 0 saturated carbocycles. The van der Waals surface area contributed by atoms with Gasteiger partial charge in [-0.2, -0.15) is 0 Å². The van der Waals surface area contributed by atoms with Crippen LogP contribution in [0.5, 0.6) is 0 Å².